The number of aryl methyl sites for hydroxylation is 4. The summed E-state index contributed by atoms with van der Waals surface area (Å²) in [5.74, 6) is 1.74. The molecule has 158 valence electrons. The van der Waals surface area contributed by atoms with Gasteiger partial charge in [-0.15, -0.1) is 0 Å². The normalized spacial score (nSPS) is 10.5. The standard InChI is InChI=1S/C22H34N4.C2H6.H2/c1-9-19(10-2)24-21-17(7)18(8)23-22(25-21)26(11-3)20-15(5)12-14(4)13-16(20)6;1-2;/h12-13,19H,9-11H2,1-8H3,(H,23,24,25);1-2H3;1H. The molecule has 0 aliphatic carbocycles. The SMILES string of the molecule is CC.CCC(CC)Nc1nc(N(CC)c2c(C)cc(C)cc2C)nc(C)c1C.[HH]. The van der Waals surface area contributed by atoms with Gasteiger partial charge in [0.1, 0.15) is 5.82 Å². The third kappa shape index (κ3) is 5.46. The van der Waals surface area contributed by atoms with Crippen molar-refractivity contribution in [3.05, 3.63) is 40.1 Å². The van der Waals surface area contributed by atoms with Crippen LogP contribution in [-0.4, -0.2) is 22.6 Å². The molecule has 0 radical (unpaired) electrons. The first-order valence-electron chi connectivity index (χ1n) is 10.8. The predicted octanol–water partition coefficient (Wildman–Crippen LogP) is 7.05. The average molecular weight is 387 g/mol. The van der Waals surface area contributed by atoms with Crippen molar-refractivity contribution >= 4 is 17.5 Å². The van der Waals surface area contributed by atoms with Crippen LogP contribution in [0.3, 0.4) is 0 Å². The number of hydrogen-bond acceptors (Lipinski definition) is 4. The molecule has 2 aromatic rings. The van der Waals surface area contributed by atoms with E-state index in [1.165, 1.54) is 22.4 Å². The van der Waals surface area contributed by atoms with E-state index in [0.29, 0.717) is 6.04 Å². The topological polar surface area (TPSA) is 41.1 Å². The summed E-state index contributed by atoms with van der Waals surface area (Å²) in [6, 6.07) is 4.90. The number of rotatable bonds is 7. The maximum Gasteiger partial charge on any atom is 0.232 e. The number of hydrogen-bond donors (Lipinski definition) is 1. The van der Waals surface area contributed by atoms with Crippen LogP contribution in [0.5, 0.6) is 0 Å². The highest BCUT2D eigenvalue weighted by molar-refractivity contribution is 5.67. The first-order chi connectivity index (χ1) is 13.3. The molecule has 0 spiro atoms. The van der Waals surface area contributed by atoms with Gasteiger partial charge in [-0.25, -0.2) is 4.98 Å². The van der Waals surface area contributed by atoms with Gasteiger partial charge in [0.05, 0.1) is 0 Å². The van der Waals surface area contributed by atoms with Gasteiger partial charge in [-0.1, -0.05) is 45.4 Å². The maximum absolute atomic E-state index is 4.92. The number of nitrogens with zero attached hydrogens (tertiary/aromatic N) is 3. The van der Waals surface area contributed by atoms with Crippen LogP contribution < -0.4 is 10.2 Å². The zero-order valence-corrected chi connectivity index (χ0v) is 19.7. The number of nitrogens with one attached hydrogen (secondary N) is 1. The van der Waals surface area contributed by atoms with Crippen molar-refractivity contribution in [3.8, 4) is 0 Å². The summed E-state index contributed by atoms with van der Waals surface area (Å²) < 4.78 is 0. The van der Waals surface area contributed by atoms with E-state index in [9.17, 15) is 0 Å². The third-order valence-electron chi connectivity index (χ3n) is 5.17. The molecule has 0 amide bonds. The zero-order valence-electron chi connectivity index (χ0n) is 19.7. The Hall–Kier alpha value is -2.10. The molecule has 0 fully saturated rings. The summed E-state index contributed by atoms with van der Waals surface area (Å²) in [4.78, 5) is 12.0. The Bertz CT molecular complexity index is 747. The smallest absolute Gasteiger partial charge is 0.232 e. The van der Waals surface area contributed by atoms with Gasteiger partial charge in [0.15, 0.2) is 0 Å². The van der Waals surface area contributed by atoms with Gasteiger partial charge in [-0.05, 0) is 65.5 Å². The van der Waals surface area contributed by atoms with Gasteiger partial charge in [0.25, 0.3) is 0 Å². The van der Waals surface area contributed by atoms with E-state index < -0.39 is 0 Å². The summed E-state index contributed by atoms with van der Waals surface area (Å²) in [6.45, 7) is 22.1. The molecule has 0 unspecified atom stereocenters. The molecule has 0 saturated carbocycles. The van der Waals surface area contributed by atoms with E-state index in [4.69, 9.17) is 9.97 Å². The molecule has 0 saturated heterocycles. The second-order valence-corrected chi connectivity index (χ2v) is 7.23. The van der Waals surface area contributed by atoms with E-state index in [2.05, 4.69) is 77.7 Å². The minimum atomic E-state index is 0. The second-order valence-electron chi connectivity index (χ2n) is 7.23. The molecule has 1 aromatic carbocycles. The molecular weight excluding hydrogens is 344 g/mol. The van der Waals surface area contributed by atoms with Crippen LogP contribution in [0, 0.1) is 34.6 Å². The Morgan fingerprint density at radius 3 is 1.93 bits per heavy atom. The van der Waals surface area contributed by atoms with E-state index >= 15 is 0 Å². The lowest BCUT2D eigenvalue weighted by Crippen LogP contribution is -2.24. The van der Waals surface area contributed by atoms with Crippen LogP contribution in [0.15, 0.2) is 12.1 Å². The molecule has 1 N–H and O–H groups in total. The summed E-state index contributed by atoms with van der Waals surface area (Å²) in [6.07, 6.45) is 2.17. The van der Waals surface area contributed by atoms with Gasteiger partial charge in [0.2, 0.25) is 5.95 Å². The molecule has 0 bridgehead atoms. The van der Waals surface area contributed by atoms with Gasteiger partial charge < -0.3 is 10.2 Å². The first kappa shape index (κ1) is 23.9. The molecule has 0 atom stereocenters. The third-order valence-corrected chi connectivity index (χ3v) is 5.17. The minimum Gasteiger partial charge on any atom is -0.367 e. The second kappa shape index (κ2) is 11.0. The molecule has 1 aromatic heterocycles. The number of benzene rings is 1. The van der Waals surface area contributed by atoms with E-state index in [0.717, 1.165) is 42.4 Å². The molecule has 4 nitrogen and oxygen atoms in total. The molecule has 0 aliphatic rings. The minimum absolute atomic E-state index is 0. The Morgan fingerprint density at radius 1 is 0.929 bits per heavy atom. The van der Waals surface area contributed by atoms with Crippen molar-refractivity contribution in [2.24, 2.45) is 0 Å². The Balaban J connectivity index is 0.00000253. The molecule has 4 heteroatoms. The van der Waals surface area contributed by atoms with E-state index in [-0.39, 0.29) is 1.43 Å². The Labute approximate surface area is 174 Å². The van der Waals surface area contributed by atoms with Gasteiger partial charge in [-0.2, -0.15) is 4.98 Å². The van der Waals surface area contributed by atoms with Gasteiger partial charge in [0, 0.05) is 31.0 Å². The number of aromatic nitrogens is 2. The van der Waals surface area contributed by atoms with E-state index in [1.807, 2.05) is 13.8 Å². The van der Waals surface area contributed by atoms with Crippen molar-refractivity contribution in [1.82, 2.24) is 9.97 Å². The lowest BCUT2D eigenvalue weighted by Gasteiger charge is -2.27. The average Bonchev–Trinajstić information content (AvgIpc) is 2.67. The van der Waals surface area contributed by atoms with Crippen LogP contribution in [0.25, 0.3) is 0 Å². The van der Waals surface area contributed by atoms with Crippen LogP contribution >= 0.6 is 0 Å². The molecule has 28 heavy (non-hydrogen) atoms. The summed E-state index contributed by atoms with van der Waals surface area (Å²) in [7, 11) is 0. The van der Waals surface area contributed by atoms with Crippen molar-refractivity contribution in [2.45, 2.75) is 88.1 Å². The van der Waals surface area contributed by atoms with Crippen LogP contribution in [-0.2, 0) is 0 Å². The van der Waals surface area contributed by atoms with Gasteiger partial charge in [-0.3, -0.25) is 0 Å². The predicted molar refractivity (Wildman–Crippen MR) is 126 cm³/mol. The lowest BCUT2D eigenvalue weighted by atomic mass is 10.0. The van der Waals surface area contributed by atoms with Crippen molar-refractivity contribution < 1.29 is 1.43 Å². The highest BCUT2D eigenvalue weighted by Gasteiger charge is 2.19. The highest BCUT2D eigenvalue weighted by atomic mass is 15.3. The fourth-order valence-electron chi connectivity index (χ4n) is 3.56. The quantitative estimate of drug-likeness (QED) is 0.553. The van der Waals surface area contributed by atoms with Gasteiger partial charge >= 0.3 is 0 Å². The fraction of sp³-hybridized carbons (Fsp3) is 0.583. The monoisotopic (exact) mass is 386 g/mol. The zero-order chi connectivity index (χ0) is 21.4. The number of anilines is 3. The highest BCUT2D eigenvalue weighted by Crippen LogP contribution is 2.32. The van der Waals surface area contributed by atoms with Crippen molar-refractivity contribution in [2.75, 3.05) is 16.8 Å². The summed E-state index contributed by atoms with van der Waals surface area (Å²) in [5, 5.41) is 3.62. The van der Waals surface area contributed by atoms with Crippen LogP contribution in [0.1, 0.15) is 76.8 Å². The van der Waals surface area contributed by atoms with Crippen molar-refractivity contribution in [3.63, 3.8) is 0 Å². The Morgan fingerprint density at radius 2 is 1.46 bits per heavy atom. The van der Waals surface area contributed by atoms with Crippen LogP contribution in [0.4, 0.5) is 17.5 Å². The van der Waals surface area contributed by atoms with E-state index in [1.54, 1.807) is 0 Å². The molecule has 2 rings (SSSR count). The largest absolute Gasteiger partial charge is 0.367 e. The fourth-order valence-corrected chi connectivity index (χ4v) is 3.56. The lowest BCUT2D eigenvalue weighted by molar-refractivity contribution is 0.666. The molecule has 1 heterocycles. The van der Waals surface area contributed by atoms with Crippen LogP contribution in [0.2, 0.25) is 0 Å². The summed E-state index contributed by atoms with van der Waals surface area (Å²) in [5.41, 5.74) is 7.20. The Kier molecular flexibility index (Phi) is 9.44. The van der Waals surface area contributed by atoms with Crippen molar-refractivity contribution in [1.29, 1.82) is 0 Å². The molecule has 0 aliphatic heterocycles. The summed E-state index contributed by atoms with van der Waals surface area (Å²) >= 11 is 0. The first-order valence-corrected chi connectivity index (χ1v) is 10.8. The molecular formula is C24H42N4. The maximum atomic E-state index is 4.92.